The lowest BCUT2D eigenvalue weighted by Crippen LogP contribution is -2.13. The summed E-state index contributed by atoms with van der Waals surface area (Å²) in [6.07, 6.45) is 0. The summed E-state index contributed by atoms with van der Waals surface area (Å²) in [7, 11) is 0. The van der Waals surface area contributed by atoms with Crippen LogP contribution in [-0.2, 0) is 4.74 Å². The average Bonchev–Trinajstić information content (AvgIpc) is 2.29. The zero-order chi connectivity index (χ0) is 11.8. The molecule has 0 amide bonds. The van der Waals surface area contributed by atoms with Crippen LogP contribution in [0, 0.1) is 0 Å². The summed E-state index contributed by atoms with van der Waals surface area (Å²) in [5.74, 6) is -0.959. The molecule has 0 bridgehead atoms. The van der Waals surface area contributed by atoms with Crippen LogP contribution < -0.4 is 5.32 Å². The van der Waals surface area contributed by atoms with Crippen LogP contribution in [-0.4, -0.2) is 42.5 Å². The first-order valence-electron chi connectivity index (χ1n) is 5.00. The molecule has 3 N–H and O–H groups in total. The van der Waals surface area contributed by atoms with E-state index in [-0.39, 0.29) is 12.2 Å². The van der Waals surface area contributed by atoms with Gasteiger partial charge in [0.15, 0.2) is 0 Å². The van der Waals surface area contributed by atoms with Crippen molar-refractivity contribution < 1.29 is 19.7 Å². The molecule has 1 aromatic carbocycles. The first kappa shape index (κ1) is 12.5. The van der Waals surface area contributed by atoms with Gasteiger partial charge in [-0.25, -0.2) is 4.79 Å². The number of hydrogen-bond donors (Lipinski definition) is 3. The van der Waals surface area contributed by atoms with Crippen LogP contribution in [0.1, 0.15) is 10.4 Å². The number of ether oxygens (including phenoxy) is 1. The Morgan fingerprint density at radius 3 is 2.75 bits per heavy atom. The summed E-state index contributed by atoms with van der Waals surface area (Å²) in [5, 5.41) is 20.3. The highest BCUT2D eigenvalue weighted by Gasteiger charge is 2.07. The number of para-hydroxylation sites is 1. The van der Waals surface area contributed by atoms with Crippen LogP contribution in [0.5, 0.6) is 0 Å². The first-order valence-corrected chi connectivity index (χ1v) is 5.00. The van der Waals surface area contributed by atoms with Crippen molar-refractivity contribution in [3.05, 3.63) is 29.8 Å². The van der Waals surface area contributed by atoms with Crippen molar-refractivity contribution in [2.45, 2.75) is 0 Å². The summed E-state index contributed by atoms with van der Waals surface area (Å²) in [5.41, 5.74) is 0.812. The van der Waals surface area contributed by atoms with Crippen molar-refractivity contribution in [3.8, 4) is 0 Å². The minimum Gasteiger partial charge on any atom is -0.478 e. The molecular weight excluding hydrogens is 210 g/mol. The van der Waals surface area contributed by atoms with Crippen LogP contribution in [0.4, 0.5) is 5.69 Å². The second kappa shape index (κ2) is 6.81. The van der Waals surface area contributed by atoms with Gasteiger partial charge >= 0.3 is 5.97 Å². The van der Waals surface area contributed by atoms with Crippen molar-refractivity contribution in [1.29, 1.82) is 0 Å². The molecular formula is C11H15NO4. The van der Waals surface area contributed by atoms with Crippen LogP contribution in [0.15, 0.2) is 24.3 Å². The van der Waals surface area contributed by atoms with Crippen LogP contribution in [0.2, 0.25) is 0 Å². The number of rotatable bonds is 7. The molecule has 0 fully saturated rings. The molecule has 0 aliphatic heterocycles. The molecule has 0 unspecified atom stereocenters. The molecule has 0 atom stereocenters. The number of carbonyl (C=O) groups is 1. The lowest BCUT2D eigenvalue weighted by Gasteiger charge is -2.09. The molecule has 0 aliphatic rings. The molecule has 0 saturated carbocycles. The topological polar surface area (TPSA) is 78.8 Å². The van der Waals surface area contributed by atoms with E-state index in [2.05, 4.69) is 5.32 Å². The van der Waals surface area contributed by atoms with Gasteiger partial charge in [-0.2, -0.15) is 0 Å². The van der Waals surface area contributed by atoms with Crippen LogP contribution >= 0.6 is 0 Å². The summed E-state index contributed by atoms with van der Waals surface area (Å²) in [6, 6.07) is 6.69. The lowest BCUT2D eigenvalue weighted by atomic mass is 10.2. The van der Waals surface area contributed by atoms with Gasteiger partial charge in [0.2, 0.25) is 0 Å². The maximum absolute atomic E-state index is 10.9. The summed E-state index contributed by atoms with van der Waals surface area (Å²) in [4.78, 5) is 10.9. The average molecular weight is 225 g/mol. The maximum Gasteiger partial charge on any atom is 0.337 e. The van der Waals surface area contributed by atoms with Gasteiger partial charge in [-0.1, -0.05) is 12.1 Å². The predicted molar refractivity (Wildman–Crippen MR) is 59.8 cm³/mol. The van der Waals surface area contributed by atoms with Crippen molar-refractivity contribution in [2.75, 3.05) is 31.7 Å². The zero-order valence-corrected chi connectivity index (χ0v) is 8.85. The molecule has 88 valence electrons. The smallest absolute Gasteiger partial charge is 0.337 e. The van der Waals surface area contributed by atoms with E-state index in [0.717, 1.165) is 0 Å². The Morgan fingerprint density at radius 2 is 2.06 bits per heavy atom. The summed E-state index contributed by atoms with van der Waals surface area (Å²) in [6.45, 7) is 1.22. The molecule has 0 spiro atoms. The minimum atomic E-state index is -0.959. The van der Waals surface area contributed by atoms with Crippen LogP contribution in [0.25, 0.3) is 0 Å². The number of nitrogens with one attached hydrogen (secondary N) is 1. The molecule has 0 saturated heterocycles. The maximum atomic E-state index is 10.9. The normalized spacial score (nSPS) is 10.1. The van der Waals surface area contributed by atoms with E-state index in [1.807, 2.05) is 0 Å². The number of hydrogen-bond acceptors (Lipinski definition) is 4. The summed E-state index contributed by atoms with van der Waals surface area (Å²) < 4.78 is 5.04. The second-order valence-corrected chi connectivity index (χ2v) is 3.11. The van der Waals surface area contributed by atoms with Crippen molar-refractivity contribution in [3.63, 3.8) is 0 Å². The Hall–Kier alpha value is -1.59. The third-order valence-electron chi connectivity index (χ3n) is 1.95. The highest BCUT2D eigenvalue weighted by Crippen LogP contribution is 2.14. The molecule has 0 heterocycles. The van der Waals surface area contributed by atoms with Gasteiger partial charge in [-0.05, 0) is 12.1 Å². The highest BCUT2D eigenvalue weighted by molar-refractivity contribution is 5.94. The SMILES string of the molecule is O=C(O)c1ccccc1NCCOCCO. The predicted octanol–water partition coefficient (Wildman–Crippen LogP) is 0.806. The Balaban J connectivity index is 2.44. The molecule has 1 aromatic rings. The number of aliphatic hydroxyl groups is 1. The third-order valence-corrected chi connectivity index (χ3v) is 1.95. The van der Waals surface area contributed by atoms with E-state index in [1.54, 1.807) is 24.3 Å². The Bertz CT molecular complexity index is 341. The van der Waals surface area contributed by atoms with Crippen molar-refractivity contribution in [2.24, 2.45) is 0 Å². The van der Waals surface area contributed by atoms with E-state index in [9.17, 15) is 4.79 Å². The van der Waals surface area contributed by atoms with E-state index < -0.39 is 5.97 Å². The van der Waals surface area contributed by atoms with Crippen molar-refractivity contribution >= 4 is 11.7 Å². The van der Waals surface area contributed by atoms with E-state index in [1.165, 1.54) is 0 Å². The largest absolute Gasteiger partial charge is 0.478 e. The van der Waals surface area contributed by atoms with Gasteiger partial charge in [0.25, 0.3) is 0 Å². The molecule has 5 heteroatoms. The molecule has 0 aromatic heterocycles. The minimum absolute atomic E-state index is 0.00822. The second-order valence-electron chi connectivity index (χ2n) is 3.11. The third kappa shape index (κ3) is 3.88. The van der Waals surface area contributed by atoms with E-state index in [4.69, 9.17) is 14.9 Å². The fourth-order valence-electron chi connectivity index (χ4n) is 1.25. The zero-order valence-electron chi connectivity index (χ0n) is 8.85. The number of benzene rings is 1. The molecule has 5 nitrogen and oxygen atoms in total. The van der Waals surface area contributed by atoms with Crippen LogP contribution in [0.3, 0.4) is 0 Å². The Labute approximate surface area is 93.7 Å². The number of carboxylic acid groups (broad SMARTS) is 1. The van der Waals surface area contributed by atoms with Gasteiger partial charge in [0.05, 0.1) is 25.4 Å². The highest BCUT2D eigenvalue weighted by atomic mass is 16.5. The van der Waals surface area contributed by atoms with E-state index in [0.29, 0.717) is 25.4 Å². The quantitative estimate of drug-likeness (QED) is 0.598. The van der Waals surface area contributed by atoms with Gasteiger partial charge in [0.1, 0.15) is 0 Å². The molecule has 0 radical (unpaired) electrons. The van der Waals surface area contributed by atoms with Crippen molar-refractivity contribution in [1.82, 2.24) is 0 Å². The number of aliphatic hydroxyl groups excluding tert-OH is 1. The van der Waals surface area contributed by atoms with Gasteiger partial charge < -0.3 is 20.3 Å². The molecule has 1 rings (SSSR count). The van der Waals surface area contributed by atoms with Gasteiger partial charge in [-0.3, -0.25) is 0 Å². The number of carboxylic acids is 1. The van der Waals surface area contributed by atoms with Gasteiger partial charge in [-0.15, -0.1) is 0 Å². The first-order chi connectivity index (χ1) is 7.75. The monoisotopic (exact) mass is 225 g/mol. The molecule has 16 heavy (non-hydrogen) atoms. The fourth-order valence-corrected chi connectivity index (χ4v) is 1.25. The number of aromatic carboxylic acids is 1. The molecule has 0 aliphatic carbocycles. The number of anilines is 1. The Morgan fingerprint density at radius 1 is 1.31 bits per heavy atom. The lowest BCUT2D eigenvalue weighted by molar-refractivity contribution is 0.0697. The van der Waals surface area contributed by atoms with E-state index >= 15 is 0 Å². The van der Waals surface area contributed by atoms with Gasteiger partial charge in [0, 0.05) is 12.2 Å². The fraction of sp³-hybridized carbons (Fsp3) is 0.364. The standard InChI is InChI=1S/C11H15NO4/c13-6-8-16-7-5-12-10-4-2-1-3-9(10)11(14)15/h1-4,12-13H,5-8H2,(H,14,15). The Kier molecular flexibility index (Phi) is 5.31. The summed E-state index contributed by atoms with van der Waals surface area (Å²) >= 11 is 0.